The number of nitrogens with zero attached hydrogens (tertiary/aromatic N) is 1. The molecular formula is C9H8BrNO2. The van der Waals surface area contributed by atoms with Gasteiger partial charge in [0.25, 0.3) is 0 Å². The summed E-state index contributed by atoms with van der Waals surface area (Å²) < 4.78 is 5.86. The van der Waals surface area contributed by atoms with E-state index in [9.17, 15) is 4.79 Å². The number of aromatic nitrogens is 1. The van der Waals surface area contributed by atoms with E-state index in [0.29, 0.717) is 12.0 Å². The van der Waals surface area contributed by atoms with E-state index in [1.54, 1.807) is 25.6 Å². The molecule has 1 heterocycles. The van der Waals surface area contributed by atoms with Crippen molar-refractivity contribution in [1.82, 2.24) is 4.98 Å². The highest BCUT2D eigenvalue weighted by Crippen LogP contribution is 2.26. The Bertz CT molecular complexity index is 336. The van der Waals surface area contributed by atoms with Crippen molar-refractivity contribution in [2.24, 2.45) is 0 Å². The number of methoxy groups -OCH3 is 1. The molecule has 0 radical (unpaired) electrons. The molecule has 0 saturated carbocycles. The average molecular weight is 242 g/mol. The van der Waals surface area contributed by atoms with Crippen LogP contribution in [0.1, 0.15) is 5.56 Å². The minimum Gasteiger partial charge on any atom is -0.494 e. The third-order valence-corrected chi connectivity index (χ3v) is 2.10. The van der Waals surface area contributed by atoms with Crippen molar-refractivity contribution < 1.29 is 9.53 Å². The van der Waals surface area contributed by atoms with Gasteiger partial charge in [-0.2, -0.15) is 0 Å². The monoisotopic (exact) mass is 241 g/mol. The minimum atomic E-state index is 0.632. The fourth-order valence-corrected chi connectivity index (χ4v) is 1.33. The van der Waals surface area contributed by atoms with Crippen molar-refractivity contribution in [3.63, 3.8) is 0 Å². The third-order valence-electron chi connectivity index (χ3n) is 1.46. The lowest BCUT2D eigenvalue weighted by molar-refractivity contribution is -0.104. The number of hydrogen-bond acceptors (Lipinski definition) is 3. The van der Waals surface area contributed by atoms with Crippen LogP contribution >= 0.6 is 15.9 Å². The number of halogens is 1. The van der Waals surface area contributed by atoms with E-state index in [1.807, 2.05) is 0 Å². The molecule has 0 aromatic carbocycles. The largest absolute Gasteiger partial charge is 0.494 e. The molecule has 0 fully saturated rings. The van der Waals surface area contributed by atoms with Gasteiger partial charge >= 0.3 is 0 Å². The number of aldehydes is 1. The second-order valence-electron chi connectivity index (χ2n) is 2.23. The molecule has 0 bridgehead atoms. The maximum absolute atomic E-state index is 10.1. The molecule has 1 aromatic heterocycles. The van der Waals surface area contributed by atoms with Gasteiger partial charge < -0.3 is 4.74 Å². The predicted molar refractivity (Wildman–Crippen MR) is 53.6 cm³/mol. The van der Waals surface area contributed by atoms with E-state index in [0.717, 1.165) is 10.0 Å². The zero-order valence-electron chi connectivity index (χ0n) is 7.03. The van der Waals surface area contributed by atoms with Crippen LogP contribution in [0.2, 0.25) is 0 Å². The Hall–Kier alpha value is -1.16. The number of pyridine rings is 1. The molecule has 4 heteroatoms. The summed E-state index contributed by atoms with van der Waals surface area (Å²) in [7, 11) is 1.56. The summed E-state index contributed by atoms with van der Waals surface area (Å²) in [4.78, 5) is 14.1. The van der Waals surface area contributed by atoms with Crippen LogP contribution in [-0.2, 0) is 4.79 Å². The first kappa shape index (κ1) is 9.92. The summed E-state index contributed by atoms with van der Waals surface area (Å²) in [5.74, 6) is 0.632. The van der Waals surface area contributed by atoms with Gasteiger partial charge in [0.2, 0.25) is 0 Å². The molecule has 0 spiro atoms. The maximum Gasteiger partial charge on any atom is 0.145 e. The Kier molecular flexibility index (Phi) is 3.64. The Morgan fingerprint density at radius 3 is 2.92 bits per heavy atom. The highest BCUT2D eigenvalue weighted by Gasteiger charge is 2.03. The van der Waals surface area contributed by atoms with Gasteiger partial charge in [0.05, 0.1) is 13.3 Å². The topological polar surface area (TPSA) is 39.2 Å². The Morgan fingerprint density at radius 2 is 2.31 bits per heavy atom. The van der Waals surface area contributed by atoms with Crippen LogP contribution in [0.4, 0.5) is 0 Å². The van der Waals surface area contributed by atoms with Gasteiger partial charge in [0, 0.05) is 16.2 Å². The van der Waals surface area contributed by atoms with Gasteiger partial charge in [-0.3, -0.25) is 9.78 Å². The number of carbonyl (C=O) groups is 1. The first-order valence-electron chi connectivity index (χ1n) is 3.59. The van der Waals surface area contributed by atoms with Crippen LogP contribution in [0.5, 0.6) is 5.75 Å². The minimum absolute atomic E-state index is 0.632. The molecule has 1 rings (SSSR count). The lowest BCUT2D eigenvalue weighted by Gasteiger charge is -2.04. The molecule has 1 aromatic rings. The Balaban J connectivity index is 3.14. The van der Waals surface area contributed by atoms with Crippen LogP contribution in [0, 0.1) is 0 Å². The van der Waals surface area contributed by atoms with E-state index < -0.39 is 0 Å². The quantitative estimate of drug-likeness (QED) is 0.601. The molecule has 0 aliphatic rings. The van der Waals surface area contributed by atoms with Crippen molar-refractivity contribution in [2.75, 3.05) is 7.11 Å². The van der Waals surface area contributed by atoms with E-state index in [4.69, 9.17) is 4.74 Å². The number of carbonyl (C=O) groups excluding carboxylic acids is 1. The lowest BCUT2D eigenvalue weighted by atomic mass is 10.2. The van der Waals surface area contributed by atoms with Crippen LogP contribution < -0.4 is 4.74 Å². The van der Waals surface area contributed by atoms with E-state index in [2.05, 4.69) is 20.9 Å². The van der Waals surface area contributed by atoms with Gasteiger partial charge in [-0.25, -0.2) is 0 Å². The fourth-order valence-electron chi connectivity index (χ4n) is 0.887. The molecule has 0 amide bonds. The smallest absolute Gasteiger partial charge is 0.145 e. The highest BCUT2D eigenvalue weighted by atomic mass is 79.9. The Morgan fingerprint density at radius 1 is 1.54 bits per heavy atom. The van der Waals surface area contributed by atoms with Crippen molar-refractivity contribution in [3.8, 4) is 5.75 Å². The van der Waals surface area contributed by atoms with Gasteiger partial charge in [-0.05, 0) is 28.1 Å². The summed E-state index contributed by atoms with van der Waals surface area (Å²) in [5.41, 5.74) is 0.810. The second kappa shape index (κ2) is 4.77. The normalized spacial score (nSPS) is 10.3. The van der Waals surface area contributed by atoms with Crippen molar-refractivity contribution in [1.29, 1.82) is 0 Å². The fraction of sp³-hybridized carbons (Fsp3) is 0.111. The summed E-state index contributed by atoms with van der Waals surface area (Å²) in [6.07, 6.45) is 7.02. The average Bonchev–Trinajstić information content (AvgIpc) is 2.15. The van der Waals surface area contributed by atoms with Crippen molar-refractivity contribution in [3.05, 3.63) is 28.5 Å². The number of ether oxygens (including phenoxy) is 1. The molecule has 0 atom stereocenters. The van der Waals surface area contributed by atoms with Crippen LogP contribution in [0.3, 0.4) is 0 Å². The van der Waals surface area contributed by atoms with Crippen LogP contribution in [0.25, 0.3) is 6.08 Å². The van der Waals surface area contributed by atoms with Crippen LogP contribution in [0.15, 0.2) is 22.9 Å². The number of hydrogen-bond donors (Lipinski definition) is 0. The van der Waals surface area contributed by atoms with Crippen molar-refractivity contribution >= 4 is 28.3 Å². The van der Waals surface area contributed by atoms with Gasteiger partial charge in [0.15, 0.2) is 0 Å². The number of rotatable bonds is 3. The predicted octanol–water partition coefficient (Wildman–Crippen LogP) is 2.06. The van der Waals surface area contributed by atoms with E-state index >= 15 is 0 Å². The van der Waals surface area contributed by atoms with Crippen LogP contribution in [-0.4, -0.2) is 18.4 Å². The van der Waals surface area contributed by atoms with E-state index in [1.165, 1.54) is 6.08 Å². The van der Waals surface area contributed by atoms with Crippen molar-refractivity contribution in [2.45, 2.75) is 0 Å². The molecule has 3 nitrogen and oxygen atoms in total. The lowest BCUT2D eigenvalue weighted by Crippen LogP contribution is -1.89. The van der Waals surface area contributed by atoms with E-state index in [-0.39, 0.29) is 0 Å². The SMILES string of the molecule is COc1cncc(Br)c1/C=C/C=O. The summed E-state index contributed by atoms with van der Waals surface area (Å²) in [6, 6.07) is 0. The molecule has 0 saturated heterocycles. The molecule has 0 N–H and O–H groups in total. The molecular weight excluding hydrogens is 234 g/mol. The van der Waals surface area contributed by atoms with Gasteiger partial charge in [-0.15, -0.1) is 0 Å². The second-order valence-corrected chi connectivity index (χ2v) is 3.09. The highest BCUT2D eigenvalue weighted by molar-refractivity contribution is 9.10. The standard InChI is InChI=1S/C9H8BrNO2/c1-13-9-6-11-5-8(10)7(9)3-2-4-12/h2-6H,1H3/b3-2+. The molecule has 0 aliphatic carbocycles. The molecule has 0 aliphatic heterocycles. The summed E-state index contributed by atoms with van der Waals surface area (Å²) in [6.45, 7) is 0. The zero-order valence-corrected chi connectivity index (χ0v) is 8.61. The summed E-state index contributed by atoms with van der Waals surface area (Å²) >= 11 is 3.31. The maximum atomic E-state index is 10.1. The molecule has 68 valence electrons. The summed E-state index contributed by atoms with van der Waals surface area (Å²) in [5, 5.41) is 0. The third kappa shape index (κ3) is 2.39. The molecule has 13 heavy (non-hydrogen) atoms. The first-order chi connectivity index (χ1) is 6.29. The molecule has 0 unspecified atom stereocenters. The van der Waals surface area contributed by atoms with Gasteiger partial charge in [0.1, 0.15) is 12.0 Å². The Labute approximate surface area is 84.6 Å². The first-order valence-corrected chi connectivity index (χ1v) is 4.38. The van der Waals surface area contributed by atoms with Gasteiger partial charge in [-0.1, -0.05) is 0 Å². The zero-order chi connectivity index (χ0) is 9.68. The number of allylic oxidation sites excluding steroid dienone is 1.